The zero-order valence-electron chi connectivity index (χ0n) is 25.4. The first-order chi connectivity index (χ1) is 19.6. The standard InChI is InChI=1S/C32H44F3N3O4/c1-21(2)24-17-25(19-26(18-24)32(33,34)35)23(4)36(6)30(42)38-14-13-37(29(41)31(5,11-15-39)12-16-40)20-28(38)27-10-8-7-9-22(27)3/h7-10,17-19,21,23,28,39-40H,11-16,20H2,1-6H3. The lowest BCUT2D eigenvalue weighted by atomic mass is 9.81. The molecular formula is C32H44F3N3O4. The van der Waals surface area contributed by atoms with E-state index in [0.717, 1.165) is 23.3 Å². The Bertz CT molecular complexity index is 1240. The van der Waals surface area contributed by atoms with Gasteiger partial charge >= 0.3 is 12.2 Å². The summed E-state index contributed by atoms with van der Waals surface area (Å²) >= 11 is 0. The van der Waals surface area contributed by atoms with Crippen molar-refractivity contribution < 1.29 is 33.0 Å². The summed E-state index contributed by atoms with van der Waals surface area (Å²) in [7, 11) is 1.59. The number of rotatable bonds is 9. The van der Waals surface area contributed by atoms with Crippen molar-refractivity contribution in [1.82, 2.24) is 14.7 Å². The van der Waals surface area contributed by atoms with Gasteiger partial charge in [-0.3, -0.25) is 4.79 Å². The highest BCUT2D eigenvalue weighted by molar-refractivity contribution is 5.83. The van der Waals surface area contributed by atoms with Gasteiger partial charge in [-0.1, -0.05) is 51.1 Å². The summed E-state index contributed by atoms with van der Waals surface area (Å²) < 4.78 is 41.2. The highest BCUT2D eigenvalue weighted by atomic mass is 19.4. The molecule has 1 heterocycles. The first kappa shape index (κ1) is 33.4. The van der Waals surface area contributed by atoms with Crippen LogP contribution in [-0.4, -0.2) is 76.7 Å². The molecule has 0 saturated carbocycles. The number of carbonyl (C=O) groups excluding carboxylic acids is 2. The number of aryl methyl sites for hydroxylation is 1. The van der Waals surface area contributed by atoms with Crippen LogP contribution in [-0.2, 0) is 11.0 Å². The Morgan fingerprint density at radius 1 is 1.00 bits per heavy atom. The molecule has 0 aromatic heterocycles. The molecule has 42 heavy (non-hydrogen) atoms. The van der Waals surface area contributed by atoms with Crippen molar-refractivity contribution in [2.24, 2.45) is 5.41 Å². The molecule has 0 bridgehead atoms. The van der Waals surface area contributed by atoms with Gasteiger partial charge < -0.3 is 24.9 Å². The molecule has 3 amide bonds. The minimum atomic E-state index is -4.51. The van der Waals surface area contributed by atoms with E-state index in [9.17, 15) is 33.0 Å². The van der Waals surface area contributed by atoms with Gasteiger partial charge in [-0.2, -0.15) is 13.2 Å². The second-order valence-corrected chi connectivity index (χ2v) is 11.9. The number of benzene rings is 2. The lowest BCUT2D eigenvalue weighted by Crippen LogP contribution is -2.57. The molecule has 2 aromatic carbocycles. The van der Waals surface area contributed by atoms with Gasteiger partial charge in [0.2, 0.25) is 5.91 Å². The second-order valence-electron chi connectivity index (χ2n) is 11.9. The maximum Gasteiger partial charge on any atom is 0.416 e. The number of aliphatic hydroxyl groups excluding tert-OH is 2. The molecule has 3 rings (SSSR count). The molecule has 0 aliphatic carbocycles. The van der Waals surface area contributed by atoms with Crippen LogP contribution in [0.15, 0.2) is 42.5 Å². The summed E-state index contributed by atoms with van der Waals surface area (Å²) in [6, 6.07) is 10.1. The number of hydrogen-bond acceptors (Lipinski definition) is 4. The molecule has 1 saturated heterocycles. The Morgan fingerprint density at radius 3 is 2.14 bits per heavy atom. The molecule has 2 N–H and O–H groups in total. The van der Waals surface area contributed by atoms with Crippen LogP contribution in [0.25, 0.3) is 0 Å². The lowest BCUT2D eigenvalue weighted by Gasteiger charge is -2.46. The van der Waals surface area contributed by atoms with E-state index in [-0.39, 0.29) is 63.5 Å². The number of piperazine rings is 1. The molecule has 2 unspecified atom stereocenters. The normalized spacial score (nSPS) is 17.0. The first-order valence-electron chi connectivity index (χ1n) is 14.5. The van der Waals surface area contributed by atoms with Crippen LogP contribution in [0.3, 0.4) is 0 Å². The number of hydrogen-bond donors (Lipinski definition) is 2. The summed E-state index contributed by atoms with van der Waals surface area (Å²) in [5.41, 5.74) is 1.07. The van der Waals surface area contributed by atoms with E-state index in [2.05, 4.69) is 0 Å². The first-order valence-corrected chi connectivity index (χ1v) is 14.5. The molecule has 2 atom stereocenters. The van der Waals surface area contributed by atoms with Gasteiger partial charge in [-0.15, -0.1) is 0 Å². The molecule has 232 valence electrons. The molecule has 10 heteroatoms. The average molecular weight is 592 g/mol. The van der Waals surface area contributed by atoms with Crippen molar-refractivity contribution in [3.05, 3.63) is 70.3 Å². The minimum Gasteiger partial charge on any atom is -0.396 e. The molecule has 2 aromatic rings. The third kappa shape index (κ3) is 7.26. The third-order valence-corrected chi connectivity index (χ3v) is 8.64. The fourth-order valence-electron chi connectivity index (χ4n) is 5.64. The van der Waals surface area contributed by atoms with Crippen molar-refractivity contribution in [2.75, 3.05) is 39.9 Å². The number of halogens is 3. The average Bonchev–Trinajstić information content (AvgIpc) is 2.95. The lowest BCUT2D eigenvalue weighted by molar-refractivity contribution is -0.146. The topological polar surface area (TPSA) is 84.3 Å². The highest BCUT2D eigenvalue weighted by Gasteiger charge is 2.42. The van der Waals surface area contributed by atoms with Gasteiger partial charge in [0.25, 0.3) is 0 Å². The number of urea groups is 1. The van der Waals surface area contributed by atoms with Crippen molar-refractivity contribution >= 4 is 11.9 Å². The SMILES string of the molecule is Cc1ccccc1C1CN(C(=O)C(C)(CCO)CCO)CCN1C(=O)N(C)C(C)c1cc(C(C)C)cc(C(F)(F)F)c1. The summed E-state index contributed by atoms with van der Waals surface area (Å²) in [5.74, 6) is -0.319. The fourth-order valence-corrected chi connectivity index (χ4v) is 5.64. The van der Waals surface area contributed by atoms with E-state index in [1.54, 1.807) is 36.8 Å². The van der Waals surface area contributed by atoms with Crippen LogP contribution in [0.5, 0.6) is 0 Å². The van der Waals surface area contributed by atoms with Crippen molar-refractivity contribution in [3.63, 3.8) is 0 Å². The van der Waals surface area contributed by atoms with Gasteiger partial charge in [0.05, 0.1) is 23.1 Å². The van der Waals surface area contributed by atoms with Crippen molar-refractivity contribution in [1.29, 1.82) is 0 Å². The van der Waals surface area contributed by atoms with E-state index < -0.39 is 29.2 Å². The fraction of sp³-hybridized carbons (Fsp3) is 0.562. The maximum absolute atomic E-state index is 14.0. The van der Waals surface area contributed by atoms with Crippen molar-refractivity contribution in [3.8, 4) is 0 Å². The van der Waals surface area contributed by atoms with E-state index in [1.807, 2.05) is 45.0 Å². The van der Waals surface area contributed by atoms with Gasteiger partial charge in [0.15, 0.2) is 0 Å². The predicted octanol–water partition coefficient (Wildman–Crippen LogP) is 5.91. The van der Waals surface area contributed by atoms with Crippen molar-refractivity contribution in [2.45, 2.75) is 71.6 Å². The van der Waals surface area contributed by atoms with Crippen LogP contribution in [0, 0.1) is 12.3 Å². The highest BCUT2D eigenvalue weighted by Crippen LogP contribution is 2.37. The maximum atomic E-state index is 14.0. The number of amides is 3. The minimum absolute atomic E-state index is 0.127. The predicted molar refractivity (Wildman–Crippen MR) is 156 cm³/mol. The van der Waals surface area contributed by atoms with Crippen LogP contribution in [0.2, 0.25) is 0 Å². The van der Waals surface area contributed by atoms with E-state index in [4.69, 9.17) is 0 Å². The Kier molecular flexibility index (Phi) is 10.7. The Hall–Kier alpha value is -3.11. The monoisotopic (exact) mass is 591 g/mol. The molecular weight excluding hydrogens is 547 g/mol. The number of carbonyl (C=O) groups is 2. The van der Waals surface area contributed by atoms with E-state index >= 15 is 0 Å². The van der Waals surface area contributed by atoms with Crippen LogP contribution < -0.4 is 0 Å². The van der Waals surface area contributed by atoms with Gasteiger partial charge in [-0.25, -0.2) is 4.79 Å². The number of alkyl halides is 3. The largest absolute Gasteiger partial charge is 0.416 e. The summed E-state index contributed by atoms with van der Waals surface area (Å²) in [6.45, 7) is 9.34. The summed E-state index contributed by atoms with van der Waals surface area (Å²) in [4.78, 5) is 32.6. The zero-order valence-corrected chi connectivity index (χ0v) is 25.4. The van der Waals surface area contributed by atoms with Crippen LogP contribution in [0.4, 0.5) is 18.0 Å². The van der Waals surface area contributed by atoms with Gasteiger partial charge in [0, 0.05) is 39.9 Å². The molecule has 1 aliphatic rings. The molecule has 1 fully saturated rings. The third-order valence-electron chi connectivity index (χ3n) is 8.64. The van der Waals surface area contributed by atoms with Crippen LogP contribution in [0.1, 0.15) is 86.4 Å². The Balaban J connectivity index is 1.96. The van der Waals surface area contributed by atoms with Crippen LogP contribution >= 0.6 is 0 Å². The molecule has 7 nitrogen and oxygen atoms in total. The molecule has 0 radical (unpaired) electrons. The van der Waals surface area contributed by atoms with E-state index in [1.165, 1.54) is 4.90 Å². The number of aliphatic hydroxyl groups is 2. The molecule has 0 spiro atoms. The number of nitrogens with zero attached hydrogens (tertiary/aromatic N) is 3. The Labute approximate surface area is 246 Å². The smallest absolute Gasteiger partial charge is 0.396 e. The summed E-state index contributed by atoms with van der Waals surface area (Å²) in [5, 5.41) is 19.2. The quantitative estimate of drug-likeness (QED) is 0.380. The van der Waals surface area contributed by atoms with E-state index in [0.29, 0.717) is 11.1 Å². The van der Waals surface area contributed by atoms with Gasteiger partial charge in [-0.05, 0) is 67.0 Å². The summed E-state index contributed by atoms with van der Waals surface area (Å²) in [6.07, 6.45) is -4.10. The second kappa shape index (κ2) is 13.5. The molecule has 1 aliphatic heterocycles. The van der Waals surface area contributed by atoms with Gasteiger partial charge in [0.1, 0.15) is 0 Å². The zero-order chi connectivity index (χ0) is 31.4. The Morgan fingerprint density at radius 2 is 1.60 bits per heavy atom.